The number of ether oxygens (including phenoxy) is 1. The summed E-state index contributed by atoms with van der Waals surface area (Å²) < 4.78 is 41.9. The summed E-state index contributed by atoms with van der Waals surface area (Å²) in [6.45, 7) is 0.578. The Bertz CT molecular complexity index is 419. The highest BCUT2D eigenvalue weighted by molar-refractivity contribution is 5.38. The van der Waals surface area contributed by atoms with E-state index >= 15 is 0 Å². The monoisotopic (exact) mass is 273 g/mol. The van der Waals surface area contributed by atoms with E-state index in [1.807, 2.05) is 24.3 Å². The van der Waals surface area contributed by atoms with E-state index in [9.17, 15) is 13.2 Å². The molecule has 2 nitrogen and oxygen atoms in total. The first-order valence-electron chi connectivity index (χ1n) is 6.51. The van der Waals surface area contributed by atoms with Crippen LogP contribution in [0.5, 0.6) is 5.75 Å². The molecule has 1 aliphatic rings. The summed E-state index contributed by atoms with van der Waals surface area (Å²) in [4.78, 5) is 0. The zero-order valence-corrected chi connectivity index (χ0v) is 10.6. The van der Waals surface area contributed by atoms with Crippen molar-refractivity contribution >= 4 is 0 Å². The van der Waals surface area contributed by atoms with Crippen molar-refractivity contribution in [3.05, 3.63) is 29.8 Å². The third kappa shape index (κ3) is 3.86. The zero-order chi connectivity index (χ0) is 13.9. The van der Waals surface area contributed by atoms with Gasteiger partial charge in [0.2, 0.25) is 0 Å². The third-order valence-corrected chi connectivity index (χ3v) is 3.52. The maximum Gasteiger partial charge on any atom is 0.389 e. The maximum atomic E-state index is 12.1. The highest BCUT2D eigenvalue weighted by Crippen LogP contribution is 2.36. The molecular weight excluding hydrogens is 255 g/mol. The van der Waals surface area contributed by atoms with Gasteiger partial charge in [-0.25, -0.2) is 0 Å². The molecule has 0 aromatic heterocycles. The lowest BCUT2D eigenvalue weighted by Gasteiger charge is -2.30. The predicted molar refractivity (Wildman–Crippen MR) is 67.2 cm³/mol. The van der Waals surface area contributed by atoms with Crippen LogP contribution >= 0.6 is 0 Å². The van der Waals surface area contributed by atoms with Gasteiger partial charge in [0, 0.05) is 18.4 Å². The van der Waals surface area contributed by atoms with Gasteiger partial charge in [0.05, 0.1) is 6.61 Å². The average Bonchev–Trinajstić information content (AvgIpc) is 2.36. The summed E-state index contributed by atoms with van der Waals surface area (Å²) in [7, 11) is 0. The van der Waals surface area contributed by atoms with Gasteiger partial charge in [0.15, 0.2) is 0 Å². The smallest absolute Gasteiger partial charge is 0.389 e. The zero-order valence-electron chi connectivity index (χ0n) is 10.6. The first kappa shape index (κ1) is 14.2. The summed E-state index contributed by atoms with van der Waals surface area (Å²) in [6.07, 6.45) is -3.61. The fraction of sp³-hybridized carbons (Fsp3) is 0.571. The Morgan fingerprint density at radius 2 is 2.05 bits per heavy atom. The normalized spacial score (nSPS) is 20.5. The molecule has 2 atom stereocenters. The second-order valence-corrected chi connectivity index (χ2v) is 4.95. The van der Waals surface area contributed by atoms with E-state index in [1.54, 1.807) is 0 Å². The molecule has 0 radical (unpaired) electrons. The molecule has 2 unspecified atom stereocenters. The second kappa shape index (κ2) is 5.82. The molecule has 0 amide bonds. The van der Waals surface area contributed by atoms with Crippen LogP contribution in [0.1, 0.15) is 37.2 Å². The van der Waals surface area contributed by atoms with E-state index in [4.69, 9.17) is 10.5 Å². The Balaban J connectivity index is 1.95. The first-order valence-corrected chi connectivity index (χ1v) is 6.51. The van der Waals surface area contributed by atoms with Crippen LogP contribution in [-0.4, -0.2) is 18.8 Å². The van der Waals surface area contributed by atoms with Gasteiger partial charge >= 0.3 is 6.18 Å². The summed E-state index contributed by atoms with van der Waals surface area (Å²) in [5.41, 5.74) is 7.09. The predicted octanol–water partition coefficient (Wildman–Crippen LogP) is 3.61. The number of alkyl halides is 3. The summed E-state index contributed by atoms with van der Waals surface area (Å²) >= 11 is 0. The third-order valence-electron chi connectivity index (χ3n) is 3.52. The van der Waals surface area contributed by atoms with Crippen molar-refractivity contribution in [3.8, 4) is 5.75 Å². The molecule has 1 heterocycles. The minimum absolute atomic E-state index is 0.0875. The summed E-state index contributed by atoms with van der Waals surface area (Å²) in [5.74, 6) is 0.906. The SMILES string of the molecule is NC(CCCC(F)(F)F)C1CCOc2ccccc21. The van der Waals surface area contributed by atoms with Gasteiger partial charge in [-0.05, 0) is 30.9 Å². The van der Waals surface area contributed by atoms with Gasteiger partial charge in [0.25, 0.3) is 0 Å². The minimum atomic E-state index is -4.09. The van der Waals surface area contributed by atoms with Gasteiger partial charge in [-0.2, -0.15) is 13.2 Å². The number of rotatable bonds is 4. The van der Waals surface area contributed by atoms with Crippen molar-refractivity contribution in [3.63, 3.8) is 0 Å². The molecule has 1 aliphatic heterocycles. The standard InChI is InChI=1S/C14H18F3NO/c15-14(16,17)8-3-5-12(18)10-7-9-19-13-6-2-1-4-11(10)13/h1-2,4,6,10,12H,3,5,7-9,18H2. The van der Waals surface area contributed by atoms with Gasteiger partial charge in [-0.1, -0.05) is 18.2 Å². The maximum absolute atomic E-state index is 12.1. The van der Waals surface area contributed by atoms with Crippen molar-refractivity contribution in [1.82, 2.24) is 0 Å². The largest absolute Gasteiger partial charge is 0.493 e. The van der Waals surface area contributed by atoms with E-state index in [0.717, 1.165) is 17.7 Å². The Kier molecular flexibility index (Phi) is 4.34. The molecule has 0 saturated heterocycles. The molecule has 0 fully saturated rings. The summed E-state index contributed by atoms with van der Waals surface area (Å²) in [6, 6.07) is 7.37. The van der Waals surface area contributed by atoms with E-state index in [0.29, 0.717) is 13.0 Å². The fourth-order valence-corrected chi connectivity index (χ4v) is 2.55. The lowest BCUT2D eigenvalue weighted by Crippen LogP contribution is -2.32. The highest BCUT2D eigenvalue weighted by Gasteiger charge is 2.29. The molecule has 1 aromatic carbocycles. The first-order chi connectivity index (χ1) is 8.97. The molecular formula is C14H18F3NO. The number of hydrogen-bond acceptors (Lipinski definition) is 2. The van der Waals surface area contributed by atoms with Crippen molar-refractivity contribution < 1.29 is 17.9 Å². The quantitative estimate of drug-likeness (QED) is 0.909. The molecule has 2 N–H and O–H groups in total. The Labute approximate surface area is 110 Å². The van der Waals surface area contributed by atoms with Gasteiger partial charge in [0.1, 0.15) is 5.75 Å². The van der Waals surface area contributed by atoms with Crippen LogP contribution in [0, 0.1) is 0 Å². The van der Waals surface area contributed by atoms with Crippen molar-refractivity contribution in [2.45, 2.75) is 43.8 Å². The molecule has 5 heteroatoms. The topological polar surface area (TPSA) is 35.2 Å². The number of halogens is 3. The molecule has 0 aliphatic carbocycles. The Hall–Kier alpha value is -1.23. The number of fused-ring (bicyclic) bond motifs is 1. The van der Waals surface area contributed by atoms with Crippen LogP contribution in [-0.2, 0) is 0 Å². The van der Waals surface area contributed by atoms with Crippen LogP contribution < -0.4 is 10.5 Å². The molecule has 19 heavy (non-hydrogen) atoms. The molecule has 0 saturated carbocycles. The number of benzene rings is 1. The lowest BCUT2D eigenvalue weighted by molar-refractivity contribution is -0.135. The molecule has 1 aromatic rings. The second-order valence-electron chi connectivity index (χ2n) is 4.95. The Morgan fingerprint density at radius 3 is 2.79 bits per heavy atom. The van der Waals surface area contributed by atoms with Crippen LogP contribution in [0.15, 0.2) is 24.3 Å². The van der Waals surface area contributed by atoms with Gasteiger partial charge < -0.3 is 10.5 Å². The lowest BCUT2D eigenvalue weighted by atomic mass is 9.85. The van der Waals surface area contributed by atoms with E-state index in [2.05, 4.69) is 0 Å². The number of nitrogens with two attached hydrogens (primary N) is 1. The average molecular weight is 273 g/mol. The van der Waals surface area contributed by atoms with E-state index in [-0.39, 0.29) is 18.4 Å². The van der Waals surface area contributed by atoms with Crippen LogP contribution in [0.3, 0.4) is 0 Å². The van der Waals surface area contributed by atoms with Crippen LogP contribution in [0.2, 0.25) is 0 Å². The summed E-state index contributed by atoms with van der Waals surface area (Å²) in [5, 5.41) is 0. The van der Waals surface area contributed by atoms with Crippen molar-refractivity contribution in [2.75, 3.05) is 6.61 Å². The van der Waals surface area contributed by atoms with Crippen molar-refractivity contribution in [1.29, 1.82) is 0 Å². The molecule has 2 rings (SSSR count). The highest BCUT2D eigenvalue weighted by atomic mass is 19.4. The van der Waals surface area contributed by atoms with E-state index < -0.39 is 12.6 Å². The molecule has 106 valence electrons. The number of para-hydroxylation sites is 1. The molecule has 0 bridgehead atoms. The number of hydrogen-bond donors (Lipinski definition) is 1. The van der Waals surface area contributed by atoms with Crippen LogP contribution in [0.4, 0.5) is 13.2 Å². The fourth-order valence-electron chi connectivity index (χ4n) is 2.55. The molecule has 0 spiro atoms. The van der Waals surface area contributed by atoms with Gasteiger partial charge in [-0.3, -0.25) is 0 Å². The van der Waals surface area contributed by atoms with Crippen molar-refractivity contribution in [2.24, 2.45) is 5.73 Å². The minimum Gasteiger partial charge on any atom is -0.493 e. The van der Waals surface area contributed by atoms with Gasteiger partial charge in [-0.15, -0.1) is 0 Å². The van der Waals surface area contributed by atoms with E-state index in [1.165, 1.54) is 0 Å². The van der Waals surface area contributed by atoms with Crippen LogP contribution in [0.25, 0.3) is 0 Å². The Morgan fingerprint density at radius 1 is 1.32 bits per heavy atom.